The molecule has 16 heavy (non-hydrogen) atoms. The van der Waals surface area contributed by atoms with Gasteiger partial charge in [-0.3, -0.25) is 0 Å². The highest BCUT2D eigenvalue weighted by molar-refractivity contribution is 6.16. The van der Waals surface area contributed by atoms with Crippen LogP contribution in [0.4, 0.5) is 8.78 Å². The first kappa shape index (κ1) is 10.9. The lowest BCUT2D eigenvalue weighted by atomic mass is 10.3. The average molecular weight is 246 g/mol. The molecule has 0 aliphatic heterocycles. The Morgan fingerprint density at radius 1 is 1.31 bits per heavy atom. The molecule has 0 fully saturated rings. The van der Waals surface area contributed by atoms with Gasteiger partial charge in [-0.15, -0.1) is 11.6 Å². The number of hydrogen-bond acceptors (Lipinski definition) is 3. The molecule has 84 valence electrons. The molecule has 0 unspecified atom stereocenters. The normalized spacial score (nSPS) is 10.4. The van der Waals surface area contributed by atoms with Crippen LogP contribution in [0, 0.1) is 11.6 Å². The van der Waals surface area contributed by atoms with Crippen molar-refractivity contribution in [2.24, 2.45) is 0 Å². The van der Waals surface area contributed by atoms with E-state index in [4.69, 9.17) is 20.8 Å². The first-order chi connectivity index (χ1) is 7.69. The molecule has 0 amide bonds. The van der Waals surface area contributed by atoms with Crippen LogP contribution in [0.2, 0.25) is 0 Å². The van der Waals surface area contributed by atoms with Crippen LogP contribution in [0.25, 0.3) is 0 Å². The maximum Gasteiger partial charge on any atom is 0.399 e. The van der Waals surface area contributed by atoms with E-state index in [1.54, 1.807) is 0 Å². The fourth-order valence-corrected chi connectivity index (χ4v) is 1.16. The van der Waals surface area contributed by atoms with Gasteiger partial charge in [-0.1, -0.05) is 0 Å². The lowest BCUT2D eigenvalue weighted by Gasteiger charge is -2.00. The van der Waals surface area contributed by atoms with E-state index in [0.29, 0.717) is 5.69 Å². The summed E-state index contributed by atoms with van der Waals surface area (Å²) in [4.78, 5) is 3.84. The summed E-state index contributed by atoms with van der Waals surface area (Å²) in [5.74, 6) is -1.66. The third-order valence-electron chi connectivity index (χ3n) is 1.76. The molecule has 0 radical (unpaired) electrons. The molecule has 2 aromatic rings. The SMILES string of the molecule is Fc1ccc(Oc2nc(CCl)co2)cc1F. The first-order valence-electron chi connectivity index (χ1n) is 4.32. The van der Waals surface area contributed by atoms with Gasteiger partial charge >= 0.3 is 6.08 Å². The van der Waals surface area contributed by atoms with Crippen LogP contribution in [0.15, 0.2) is 28.9 Å². The van der Waals surface area contributed by atoms with Gasteiger partial charge in [-0.25, -0.2) is 8.78 Å². The summed E-state index contributed by atoms with van der Waals surface area (Å²) in [5.41, 5.74) is 0.499. The molecule has 2 rings (SSSR count). The van der Waals surface area contributed by atoms with Crippen LogP contribution in [-0.2, 0) is 5.88 Å². The maximum atomic E-state index is 12.8. The minimum Gasteiger partial charge on any atom is -0.417 e. The second kappa shape index (κ2) is 4.49. The molecule has 3 nitrogen and oxygen atoms in total. The molecule has 1 aromatic heterocycles. The second-order valence-corrected chi connectivity index (χ2v) is 3.18. The van der Waals surface area contributed by atoms with E-state index in [1.165, 1.54) is 12.3 Å². The van der Waals surface area contributed by atoms with E-state index >= 15 is 0 Å². The Balaban J connectivity index is 2.17. The van der Waals surface area contributed by atoms with Crippen molar-refractivity contribution in [3.8, 4) is 11.8 Å². The van der Waals surface area contributed by atoms with Crippen LogP contribution in [0.3, 0.4) is 0 Å². The molecule has 0 saturated heterocycles. The zero-order chi connectivity index (χ0) is 11.5. The van der Waals surface area contributed by atoms with E-state index in [0.717, 1.165) is 12.1 Å². The fourth-order valence-electron chi connectivity index (χ4n) is 1.04. The van der Waals surface area contributed by atoms with Crippen molar-refractivity contribution < 1.29 is 17.9 Å². The smallest absolute Gasteiger partial charge is 0.399 e. The maximum absolute atomic E-state index is 12.8. The molecule has 1 aromatic carbocycles. The van der Waals surface area contributed by atoms with Crippen molar-refractivity contribution >= 4 is 11.6 Å². The van der Waals surface area contributed by atoms with Crippen molar-refractivity contribution in [2.45, 2.75) is 5.88 Å². The minimum atomic E-state index is -0.998. The summed E-state index contributed by atoms with van der Waals surface area (Å²) < 4.78 is 35.4. The van der Waals surface area contributed by atoms with Gasteiger partial charge in [0.15, 0.2) is 11.6 Å². The Labute approximate surface area is 94.6 Å². The van der Waals surface area contributed by atoms with Crippen molar-refractivity contribution in [2.75, 3.05) is 0 Å². The van der Waals surface area contributed by atoms with Gasteiger partial charge in [0.25, 0.3) is 0 Å². The van der Waals surface area contributed by atoms with Crippen LogP contribution < -0.4 is 4.74 Å². The molecule has 0 aliphatic rings. The summed E-state index contributed by atoms with van der Waals surface area (Å²) in [7, 11) is 0. The lowest BCUT2D eigenvalue weighted by molar-refractivity contribution is 0.328. The molecule has 0 N–H and O–H groups in total. The van der Waals surface area contributed by atoms with E-state index in [9.17, 15) is 8.78 Å². The molecule has 0 spiro atoms. The zero-order valence-electron chi connectivity index (χ0n) is 7.91. The fraction of sp³-hybridized carbons (Fsp3) is 0.100. The highest BCUT2D eigenvalue weighted by Crippen LogP contribution is 2.22. The molecule has 0 saturated carbocycles. The quantitative estimate of drug-likeness (QED) is 0.777. The summed E-state index contributed by atoms with van der Waals surface area (Å²) in [6.07, 6.45) is 1.25. The number of aromatic nitrogens is 1. The number of benzene rings is 1. The molecular formula is C10H6ClF2NO2. The van der Waals surface area contributed by atoms with Crippen LogP contribution in [0.1, 0.15) is 5.69 Å². The average Bonchev–Trinajstić information content (AvgIpc) is 2.71. The highest BCUT2D eigenvalue weighted by atomic mass is 35.5. The zero-order valence-corrected chi connectivity index (χ0v) is 8.67. The monoisotopic (exact) mass is 245 g/mol. The van der Waals surface area contributed by atoms with Gasteiger partial charge in [0, 0.05) is 6.07 Å². The highest BCUT2D eigenvalue weighted by Gasteiger charge is 2.08. The molecule has 6 heteroatoms. The standard InChI is InChI=1S/C10H6ClF2NO2/c11-4-6-5-15-10(14-6)16-7-1-2-8(12)9(13)3-7/h1-3,5H,4H2. The molecular weight excluding hydrogens is 240 g/mol. The van der Waals surface area contributed by atoms with Crippen molar-refractivity contribution in [3.05, 3.63) is 41.8 Å². The van der Waals surface area contributed by atoms with Crippen LogP contribution in [-0.4, -0.2) is 4.98 Å². The topological polar surface area (TPSA) is 35.3 Å². The number of hydrogen-bond donors (Lipinski definition) is 0. The van der Waals surface area contributed by atoms with Crippen molar-refractivity contribution in [1.29, 1.82) is 0 Å². The number of ether oxygens (including phenoxy) is 1. The first-order valence-corrected chi connectivity index (χ1v) is 4.86. The van der Waals surface area contributed by atoms with Crippen LogP contribution >= 0.6 is 11.6 Å². The van der Waals surface area contributed by atoms with Gasteiger partial charge in [0.2, 0.25) is 0 Å². The van der Waals surface area contributed by atoms with Crippen molar-refractivity contribution in [3.63, 3.8) is 0 Å². The Morgan fingerprint density at radius 3 is 2.75 bits per heavy atom. The third kappa shape index (κ3) is 2.30. The predicted molar refractivity (Wildman–Crippen MR) is 52.5 cm³/mol. The Morgan fingerprint density at radius 2 is 2.12 bits per heavy atom. The third-order valence-corrected chi connectivity index (χ3v) is 2.04. The Kier molecular flexibility index (Phi) is 3.05. The summed E-state index contributed by atoms with van der Waals surface area (Å²) in [6, 6.07) is 3.12. The van der Waals surface area contributed by atoms with Gasteiger partial charge in [0.1, 0.15) is 12.0 Å². The van der Waals surface area contributed by atoms with E-state index in [-0.39, 0.29) is 17.7 Å². The largest absolute Gasteiger partial charge is 0.417 e. The summed E-state index contributed by atoms with van der Waals surface area (Å²) >= 11 is 5.50. The summed E-state index contributed by atoms with van der Waals surface area (Å²) in [5, 5.41) is 0. The number of halogens is 3. The van der Waals surface area contributed by atoms with Gasteiger partial charge in [-0.05, 0) is 12.1 Å². The molecule has 0 bridgehead atoms. The molecule has 1 heterocycles. The lowest BCUT2D eigenvalue weighted by Crippen LogP contribution is -1.88. The Bertz CT molecular complexity index is 501. The minimum absolute atomic E-state index is 0.0679. The second-order valence-electron chi connectivity index (χ2n) is 2.92. The number of oxazole rings is 1. The van der Waals surface area contributed by atoms with Crippen molar-refractivity contribution in [1.82, 2.24) is 4.98 Å². The van der Waals surface area contributed by atoms with Gasteiger partial charge in [-0.2, -0.15) is 4.98 Å². The Hall–Kier alpha value is -1.62. The molecule has 0 atom stereocenters. The van der Waals surface area contributed by atoms with Gasteiger partial charge < -0.3 is 9.15 Å². The number of nitrogens with zero attached hydrogens (tertiary/aromatic N) is 1. The predicted octanol–water partition coefficient (Wildman–Crippen LogP) is 3.48. The van der Waals surface area contributed by atoms with Crippen LogP contribution in [0.5, 0.6) is 11.8 Å². The van der Waals surface area contributed by atoms with E-state index in [1.807, 2.05) is 0 Å². The van der Waals surface area contributed by atoms with E-state index in [2.05, 4.69) is 4.98 Å². The molecule has 0 aliphatic carbocycles. The van der Waals surface area contributed by atoms with Gasteiger partial charge in [0.05, 0.1) is 11.6 Å². The number of alkyl halides is 1. The number of rotatable bonds is 3. The van der Waals surface area contributed by atoms with E-state index < -0.39 is 11.6 Å². The summed E-state index contributed by atoms with van der Waals surface area (Å²) in [6.45, 7) is 0.